The third-order valence-electron chi connectivity index (χ3n) is 8.23. The SMILES string of the molecule is O=C1[C@@H]2[C@@H]3C=C[C@H]([C@H]4C[C@@H]34)[C@@H]2C(=O)N1/N=C\c1cc(I)c(OCc2cccc3ccccc23)c(I)c1. The van der Waals surface area contributed by atoms with E-state index in [-0.39, 0.29) is 35.5 Å². The number of halogens is 2. The number of hydrogen-bond donors (Lipinski definition) is 0. The number of carbonyl (C=O) groups is 2. The zero-order valence-corrected chi connectivity index (χ0v) is 23.5. The molecular formula is C29H22I2N2O3. The molecule has 2 bridgehead atoms. The van der Waals surface area contributed by atoms with Crippen molar-refractivity contribution in [2.45, 2.75) is 13.0 Å². The number of allylic oxidation sites excluding steroid dienone is 2. The van der Waals surface area contributed by atoms with Crippen LogP contribution in [-0.2, 0) is 16.2 Å². The maximum atomic E-state index is 13.2. The second-order valence-electron chi connectivity index (χ2n) is 10.1. The zero-order chi connectivity index (χ0) is 24.6. The van der Waals surface area contributed by atoms with E-state index in [4.69, 9.17) is 4.74 Å². The molecule has 0 aromatic heterocycles. The van der Waals surface area contributed by atoms with Crippen LogP contribution in [-0.4, -0.2) is 23.0 Å². The molecule has 7 heteroatoms. The molecule has 0 N–H and O–H groups in total. The lowest BCUT2D eigenvalue weighted by molar-refractivity contribution is -0.140. The average Bonchev–Trinajstić information content (AvgIpc) is 3.66. The minimum absolute atomic E-state index is 0.134. The molecule has 2 amide bonds. The average molecular weight is 700 g/mol. The lowest BCUT2D eigenvalue weighted by Crippen LogP contribution is -2.40. The van der Waals surface area contributed by atoms with Gasteiger partial charge in [0.25, 0.3) is 11.8 Å². The molecular weight excluding hydrogens is 678 g/mol. The minimum atomic E-state index is -0.224. The number of benzene rings is 3. The second kappa shape index (κ2) is 8.65. The molecule has 0 spiro atoms. The summed E-state index contributed by atoms with van der Waals surface area (Å²) < 4.78 is 8.16. The number of carbonyl (C=O) groups excluding carboxylic acids is 2. The van der Waals surface area contributed by atoms with Crippen molar-refractivity contribution in [2.75, 3.05) is 0 Å². The fourth-order valence-electron chi connectivity index (χ4n) is 6.54. The molecule has 1 aliphatic heterocycles. The molecule has 3 aromatic rings. The monoisotopic (exact) mass is 700 g/mol. The van der Waals surface area contributed by atoms with Crippen molar-refractivity contribution in [3.63, 3.8) is 0 Å². The molecule has 2 saturated carbocycles. The van der Waals surface area contributed by atoms with Crippen molar-refractivity contribution in [3.8, 4) is 5.75 Å². The largest absolute Gasteiger partial charge is 0.487 e. The number of hydrogen-bond acceptors (Lipinski definition) is 4. The first-order valence-electron chi connectivity index (χ1n) is 12.2. The van der Waals surface area contributed by atoms with E-state index in [9.17, 15) is 9.59 Å². The van der Waals surface area contributed by atoms with E-state index in [1.54, 1.807) is 6.21 Å². The normalized spacial score (nSPS) is 29.8. The van der Waals surface area contributed by atoms with Crippen molar-refractivity contribution in [1.82, 2.24) is 5.01 Å². The molecule has 1 saturated heterocycles. The summed E-state index contributed by atoms with van der Waals surface area (Å²) in [5.74, 6) is 1.71. The molecule has 8 rings (SSSR count). The molecule has 3 fully saturated rings. The Morgan fingerprint density at radius 3 is 2.25 bits per heavy atom. The summed E-state index contributed by atoms with van der Waals surface area (Å²) in [6.45, 7) is 0.471. The third-order valence-corrected chi connectivity index (χ3v) is 9.84. The van der Waals surface area contributed by atoms with Crippen LogP contribution in [0.2, 0.25) is 0 Å². The van der Waals surface area contributed by atoms with E-state index in [0.717, 1.165) is 35.4 Å². The summed E-state index contributed by atoms with van der Waals surface area (Å²) in [5, 5.41) is 7.91. The molecule has 5 aliphatic rings. The van der Waals surface area contributed by atoms with Crippen molar-refractivity contribution in [3.05, 3.63) is 85.0 Å². The van der Waals surface area contributed by atoms with Gasteiger partial charge in [0.15, 0.2) is 0 Å². The van der Waals surface area contributed by atoms with Crippen LogP contribution in [0, 0.1) is 42.6 Å². The molecule has 0 radical (unpaired) electrons. The first-order chi connectivity index (χ1) is 17.5. The van der Waals surface area contributed by atoms with Crippen LogP contribution in [0.3, 0.4) is 0 Å². The molecule has 180 valence electrons. The van der Waals surface area contributed by atoms with Crippen LogP contribution in [0.25, 0.3) is 10.8 Å². The van der Waals surface area contributed by atoms with E-state index in [2.05, 4.69) is 92.8 Å². The number of nitrogens with zero attached hydrogens (tertiary/aromatic N) is 2. The Hall–Kier alpha value is -2.27. The van der Waals surface area contributed by atoms with Crippen LogP contribution in [0.5, 0.6) is 5.75 Å². The Morgan fingerprint density at radius 2 is 1.56 bits per heavy atom. The molecule has 5 nitrogen and oxygen atoms in total. The highest BCUT2D eigenvalue weighted by Gasteiger charge is 2.67. The second-order valence-corrected chi connectivity index (χ2v) is 12.5. The van der Waals surface area contributed by atoms with Crippen molar-refractivity contribution in [1.29, 1.82) is 0 Å². The van der Waals surface area contributed by atoms with E-state index in [1.165, 1.54) is 10.8 Å². The highest BCUT2D eigenvalue weighted by Crippen LogP contribution is 2.65. The zero-order valence-electron chi connectivity index (χ0n) is 19.2. The first-order valence-corrected chi connectivity index (χ1v) is 14.4. The summed E-state index contributed by atoms with van der Waals surface area (Å²) in [5.41, 5.74) is 1.97. The lowest BCUT2D eigenvalue weighted by Gasteiger charge is -2.37. The minimum Gasteiger partial charge on any atom is -0.487 e. The van der Waals surface area contributed by atoms with Gasteiger partial charge in [-0.2, -0.15) is 10.1 Å². The standard InChI is InChI=1S/C29H22I2N2O3/c30-23-10-15(11-24(31)27(23)36-14-17-6-3-5-16-4-1-2-7-18(16)17)13-32-33-28(34)25-19-8-9-20(22-12-21(19)22)26(25)29(33)35/h1-11,13,19-22,25-26H,12,14H2/b32-13-/t19-,20-,21-,22+,25+,26-/m1/s1. The quantitative estimate of drug-likeness (QED) is 0.142. The molecule has 0 unspecified atom stereocenters. The smallest absolute Gasteiger partial charge is 0.254 e. The van der Waals surface area contributed by atoms with Crippen LogP contribution in [0.1, 0.15) is 17.5 Å². The molecule has 36 heavy (non-hydrogen) atoms. The van der Waals surface area contributed by atoms with Crippen LogP contribution in [0.15, 0.2) is 71.9 Å². The summed E-state index contributed by atoms with van der Waals surface area (Å²) in [6, 6.07) is 18.5. The van der Waals surface area contributed by atoms with Crippen LogP contribution >= 0.6 is 45.2 Å². The summed E-state index contributed by atoms with van der Waals surface area (Å²) >= 11 is 4.54. The summed E-state index contributed by atoms with van der Waals surface area (Å²) in [6.07, 6.45) is 7.15. The number of ether oxygens (including phenoxy) is 1. The lowest BCUT2D eigenvalue weighted by atomic mass is 9.63. The van der Waals surface area contributed by atoms with Crippen molar-refractivity contribution < 1.29 is 14.3 Å². The predicted molar refractivity (Wildman–Crippen MR) is 154 cm³/mol. The highest BCUT2D eigenvalue weighted by atomic mass is 127. The van der Waals surface area contributed by atoms with Gasteiger partial charge in [-0.15, -0.1) is 0 Å². The van der Waals surface area contributed by atoms with Gasteiger partial charge < -0.3 is 4.74 Å². The maximum Gasteiger partial charge on any atom is 0.254 e. The Morgan fingerprint density at radius 1 is 0.917 bits per heavy atom. The Kier molecular flexibility index (Phi) is 5.50. The predicted octanol–water partition coefficient (Wildman–Crippen LogP) is 6.02. The van der Waals surface area contributed by atoms with Gasteiger partial charge in [0, 0.05) is 0 Å². The van der Waals surface area contributed by atoms with Crippen molar-refractivity contribution in [2.24, 2.45) is 40.6 Å². The fraction of sp³-hybridized carbons (Fsp3) is 0.276. The van der Waals surface area contributed by atoms with Gasteiger partial charge in [0.05, 0.1) is 25.2 Å². The topological polar surface area (TPSA) is 59.0 Å². The number of fused-ring (bicyclic) bond motifs is 1. The van der Waals surface area contributed by atoms with Gasteiger partial charge in [0.2, 0.25) is 0 Å². The van der Waals surface area contributed by atoms with Gasteiger partial charge in [0.1, 0.15) is 12.4 Å². The van der Waals surface area contributed by atoms with Gasteiger partial charge in [-0.1, -0.05) is 54.6 Å². The number of imide groups is 1. The number of hydrazone groups is 1. The molecule has 6 atom stereocenters. The van der Waals surface area contributed by atoms with Crippen molar-refractivity contribution >= 4 is 74.0 Å². The number of rotatable bonds is 5. The van der Waals surface area contributed by atoms with Crippen LogP contribution in [0.4, 0.5) is 0 Å². The Labute approximate surface area is 236 Å². The summed E-state index contributed by atoms with van der Waals surface area (Å²) in [7, 11) is 0. The van der Waals surface area contributed by atoms with Crippen LogP contribution < -0.4 is 4.74 Å². The van der Waals surface area contributed by atoms with Gasteiger partial charge in [-0.3, -0.25) is 9.59 Å². The van der Waals surface area contributed by atoms with Gasteiger partial charge in [-0.05, 0) is 109 Å². The highest BCUT2D eigenvalue weighted by molar-refractivity contribution is 14.1. The van der Waals surface area contributed by atoms with E-state index in [0.29, 0.717) is 18.4 Å². The first kappa shape index (κ1) is 22.9. The van der Waals surface area contributed by atoms with Gasteiger partial charge in [-0.25, -0.2) is 0 Å². The Balaban J connectivity index is 1.09. The van der Waals surface area contributed by atoms with Gasteiger partial charge >= 0.3 is 0 Å². The molecule has 1 heterocycles. The van der Waals surface area contributed by atoms with E-state index in [1.807, 2.05) is 24.3 Å². The number of amides is 2. The maximum absolute atomic E-state index is 13.2. The fourth-order valence-corrected chi connectivity index (χ4v) is 8.67. The van der Waals surface area contributed by atoms with E-state index >= 15 is 0 Å². The van der Waals surface area contributed by atoms with E-state index < -0.39 is 0 Å². The summed E-state index contributed by atoms with van der Waals surface area (Å²) in [4.78, 5) is 26.3. The molecule has 4 aliphatic carbocycles. The Bertz CT molecular complexity index is 1430. The molecule has 3 aromatic carbocycles. The third kappa shape index (κ3) is 3.56.